The number of piperidine rings is 1. The molecule has 0 saturated carbocycles. The number of ether oxygens (including phenoxy) is 1. The van der Waals surface area contributed by atoms with Crippen molar-refractivity contribution in [1.29, 1.82) is 0 Å². The Hall–Kier alpha value is -0.840. The van der Waals surface area contributed by atoms with Crippen LogP contribution in [-0.2, 0) is 6.54 Å². The highest BCUT2D eigenvalue weighted by Crippen LogP contribution is 2.27. The van der Waals surface area contributed by atoms with Gasteiger partial charge in [0.2, 0.25) is 0 Å². The third-order valence-corrected chi connectivity index (χ3v) is 5.00. The Kier molecular flexibility index (Phi) is 7.12. The van der Waals surface area contributed by atoms with Gasteiger partial charge in [-0.05, 0) is 75.9 Å². The lowest BCUT2D eigenvalue weighted by Crippen LogP contribution is -2.40. The van der Waals surface area contributed by atoms with E-state index in [2.05, 4.69) is 10.2 Å². The van der Waals surface area contributed by atoms with Crippen molar-refractivity contribution in [3.05, 3.63) is 29.6 Å². The van der Waals surface area contributed by atoms with E-state index < -0.39 is 0 Å². The van der Waals surface area contributed by atoms with Gasteiger partial charge in [-0.1, -0.05) is 6.07 Å². The molecule has 1 aromatic carbocycles. The van der Waals surface area contributed by atoms with Crippen LogP contribution in [0.5, 0.6) is 5.75 Å². The number of rotatable bonds is 5. The molecule has 0 bridgehead atoms. The third kappa shape index (κ3) is 4.82. The summed E-state index contributed by atoms with van der Waals surface area (Å²) >= 11 is 0. The summed E-state index contributed by atoms with van der Waals surface area (Å²) < 4.78 is 19.2. The Morgan fingerprint density at radius 3 is 2.65 bits per heavy atom. The summed E-state index contributed by atoms with van der Waals surface area (Å²) in [5.41, 5.74) is 1.04. The predicted octanol–water partition coefficient (Wildman–Crippen LogP) is 3.61. The van der Waals surface area contributed by atoms with Crippen molar-refractivity contribution < 1.29 is 9.13 Å². The molecule has 2 aliphatic heterocycles. The first-order valence-electron chi connectivity index (χ1n) is 8.63. The molecule has 0 aromatic heterocycles. The number of halogens is 2. The fourth-order valence-corrected chi connectivity index (χ4v) is 3.80. The van der Waals surface area contributed by atoms with E-state index in [4.69, 9.17) is 4.74 Å². The number of nitrogens with one attached hydrogen (secondary N) is 1. The van der Waals surface area contributed by atoms with Crippen LogP contribution < -0.4 is 10.1 Å². The van der Waals surface area contributed by atoms with Crippen molar-refractivity contribution in [3.8, 4) is 5.75 Å². The summed E-state index contributed by atoms with van der Waals surface area (Å²) in [5, 5.41) is 3.63. The molecule has 2 fully saturated rings. The number of likely N-dealkylation sites (tertiary alicyclic amines) is 1. The van der Waals surface area contributed by atoms with Gasteiger partial charge in [0.1, 0.15) is 0 Å². The van der Waals surface area contributed by atoms with Crippen LogP contribution in [0.25, 0.3) is 0 Å². The molecule has 1 aromatic rings. The van der Waals surface area contributed by atoms with Gasteiger partial charge in [-0.3, -0.25) is 4.90 Å². The molecule has 0 aliphatic carbocycles. The third-order valence-electron chi connectivity index (χ3n) is 5.00. The van der Waals surface area contributed by atoms with Gasteiger partial charge in [0, 0.05) is 12.6 Å². The van der Waals surface area contributed by atoms with E-state index in [9.17, 15) is 4.39 Å². The van der Waals surface area contributed by atoms with Gasteiger partial charge in [-0.25, -0.2) is 4.39 Å². The maximum absolute atomic E-state index is 13.9. The molecule has 0 spiro atoms. The van der Waals surface area contributed by atoms with E-state index in [0.717, 1.165) is 37.2 Å². The summed E-state index contributed by atoms with van der Waals surface area (Å²) in [6, 6.07) is 6.10. The molecular weight excluding hydrogens is 315 g/mol. The zero-order valence-electron chi connectivity index (χ0n) is 13.9. The Morgan fingerprint density at radius 1 is 1.26 bits per heavy atom. The molecule has 23 heavy (non-hydrogen) atoms. The lowest BCUT2D eigenvalue weighted by molar-refractivity contribution is 0.157. The molecule has 2 heterocycles. The highest BCUT2D eigenvalue weighted by Gasteiger charge is 2.28. The molecule has 2 saturated heterocycles. The summed E-state index contributed by atoms with van der Waals surface area (Å²) in [5.74, 6) is 0.942. The van der Waals surface area contributed by atoms with Gasteiger partial charge in [-0.2, -0.15) is 0 Å². The fraction of sp³-hybridized carbons (Fsp3) is 0.667. The largest absolute Gasteiger partial charge is 0.491 e. The lowest BCUT2D eigenvalue weighted by atomic mass is 9.88. The minimum absolute atomic E-state index is 0. The Balaban J connectivity index is 0.00000192. The molecule has 3 rings (SSSR count). The maximum atomic E-state index is 13.9. The van der Waals surface area contributed by atoms with Gasteiger partial charge in [0.15, 0.2) is 11.6 Å². The van der Waals surface area contributed by atoms with Gasteiger partial charge in [0.05, 0.1) is 6.61 Å². The molecular formula is C18H28ClFN2O. The number of hydrogen-bond donors (Lipinski definition) is 1. The van der Waals surface area contributed by atoms with Crippen LogP contribution in [0.2, 0.25) is 0 Å². The lowest BCUT2D eigenvalue weighted by Gasteiger charge is -2.35. The zero-order valence-corrected chi connectivity index (χ0v) is 14.7. The smallest absolute Gasteiger partial charge is 0.165 e. The molecule has 1 unspecified atom stereocenters. The first-order valence-corrected chi connectivity index (χ1v) is 8.63. The molecule has 5 heteroatoms. The molecule has 2 aliphatic rings. The number of nitrogens with zero attached hydrogens (tertiary/aromatic N) is 1. The highest BCUT2D eigenvalue weighted by molar-refractivity contribution is 5.85. The number of hydrogen-bond acceptors (Lipinski definition) is 3. The van der Waals surface area contributed by atoms with E-state index in [0.29, 0.717) is 12.4 Å². The second-order valence-electron chi connectivity index (χ2n) is 6.51. The Labute approximate surface area is 145 Å². The topological polar surface area (TPSA) is 24.5 Å². The normalized spacial score (nSPS) is 22.8. The molecule has 0 radical (unpaired) electrons. The van der Waals surface area contributed by atoms with E-state index >= 15 is 0 Å². The molecule has 1 atom stereocenters. The summed E-state index contributed by atoms with van der Waals surface area (Å²) in [6.07, 6.45) is 5.19. The SMILES string of the molecule is CCOc1ccc(CN2CCC(C3CCCN3)CC2)cc1F.Cl. The number of benzene rings is 1. The van der Waals surface area contributed by atoms with Crippen molar-refractivity contribution in [2.75, 3.05) is 26.2 Å². The highest BCUT2D eigenvalue weighted by atomic mass is 35.5. The Bertz CT molecular complexity index is 486. The monoisotopic (exact) mass is 342 g/mol. The zero-order chi connectivity index (χ0) is 15.4. The van der Waals surface area contributed by atoms with Crippen LogP contribution in [0, 0.1) is 11.7 Å². The van der Waals surface area contributed by atoms with Crippen molar-refractivity contribution in [2.45, 2.75) is 45.2 Å². The van der Waals surface area contributed by atoms with Crippen LogP contribution in [0.3, 0.4) is 0 Å². The predicted molar refractivity (Wildman–Crippen MR) is 93.8 cm³/mol. The molecule has 1 N–H and O–H groups in total. The average Bonchev–Trinajstić information content (AvgIpc) is 3.05. The van der Waals surface area contributed by atoms with Crippen LogP contribution >= 0.6 is 12.4 Å². The average molecular weight is 343 g/mol. The second kappa shape index (κ2) is 8.86. The van der Waals surface area contributed by atoms with Gasteiger partial charge in [-0.15, -0.1) is 12.4 Å². The summed E-state index contributed by atoms with van der Waals surface area (Å²) in [4.78, 5) is 2.45. The van der Waals surface area contributed by atoms with Gasteiger partial charge < -0.3 is 10.1 Å². The van der Waals surface area contributed by atoms with Crippen LogP contribution in [0.15, 0.2) is 18.2 Å². The second-order valence-corrected chi connectivity index (χ2v) is 6.51. The van der Waals surface area contributed by atoms with Gasteiger partial charge in [0.25, 0.3) is 0 Å². The van der Waals surface area contributed by atoms with E-state index in [1.807, 2.05) is 13.0 Å². The Morgan fingerprint density at radius 2 is 2.04 bits per heavy atom. The van der Waals surface area contributed by atoms with Crippen molar-refractivity contribution in [1.82, 2.24) is 10.2 Å². The van der Waals surface area contributed by atoms with E-state index in [-0.39, 0.29) is 18.2 Å². The van der Waals surface area contributed by atoms with Crippen LogP contribution in [0.1, 0.15) is 38.2 Å². The summed E-state index contributed by atoms with van der Waals surface area (Å²) in [6.45, 7) is 6.65. The van der Waals surface area contributed by atoms with E-state index in [1.165, 1.54) is 32.2 Å². The van der Waals surface area contributed by atoms with Crippen LogP contribution in [-0.4, -0.2) is 37.2 Å². The quantitative estimate of drug-likeness (QED) is 0.884. The van der Waals surface area contributed by atoms with Crippen LogP contribution in [0.4, 0.5) is 4.39 Å². The minimum atomic E-state index is -0.246. The van der Waals surface area contributed by atoms with Crippen molar-refractivity contribution in [2.24, 2.45) is 5.92 Å². The molecule has 0 amide bonds. The molecule has 130 valence electrons. The van der Waals surface area contributed by atoms with Crippen molar-refractivity contribution >= 4 is 12.4 Å². The van der Waals surface area contributed by atoms with Crippen molar-refractivity contribution in [3.63, 3.8) is 0 Å². The first-order chi connectivity index (χ1) is 10.8. The molecule has 3 nitrogen and oxygen atoms in total. The first kappa shape index (κ1) is 18.5. The maximum Gasteiger partial charge on any atom is 0.165 e. The van der Waals surface area contributed by atoms with Gasteiger partial charge >= 0.3 is 0 Å². The standard InChI is InChI=1S/C18H27FN2O.ClH/c1-2-22-18-6-5-14(12-16(18)19)13-21-10-7-15(8-11-21)17-4-3-9-20-17;/h5-6,12,15,17,20H,2-4,7-11,13H2,1H3;1H. The fourth-order valence-electron chi connectivity index (χ4n) is 3.80. The van der Waals surface area contributed by atoms with E-state index in [1.54, 1.807) is 12.1 Å². The minimum Gasteiger partial charge on any atom is -0.491 e. The summed E-state index contributed by atoms with van der Waals surface area (Å²) in [7, 11) is 0.